The second-order valence-corrected chi connectivity index (χ2v) is 4.96. The largest absolute Gasteiger partial charge is 0.464 e. The number of hydrogen-bond acceptors (Lipinski definition) is 5. The fraction of sp³-hybridized carbons (Fsp3) is 0.182. The first kappa shape index (κ1) is 12.8. The molecule has 0 radical (unpaired) electrons. The molecule has 0 fully saturated rings. The summed E-state index contributed by atoms with van der Waals surface area (Å²) < 4.78 is 5.68. The van der Waals surface area contributed by atoms with Gasteiger partial charge in [-0.25, -0.2) is 9.97 Å². The molecule has 0 aliphatic rings. The van der Waals surface area contributed by atoms with Crippen LogP contribution < -0.4 is 10.1 Å². The van der Waals surface area contributed by atoms with Gasteiger partial charge < -0.3 is 10.1 Å². The predicted octanol–water partition coefficient (Wildman–Crippen LogP) is 2.84. The standard InChI is InChI=1S/C11H10ClN3O2S/c1-2-17-11-13-5-7(6-14-11)15-10(16)8-3-4-9(12)18-8/h3-6H,2H2,1H3,(H,15,16). The van der Waals surface area contributed by atoms with Crippen LogP contribution in [0.3, 0.4) is 0 Å². The number of ether oxygens (including phenoxy) is 1. The molecule has 1 amide bonds. The van der Waals surface area contributed by atoms with E-state index in [1.54, 1.807) is 12.1 Å². The van der Waals surface area contributed by atoms with Gasteiger partial charge in [0, 0.05) is 0 Å². The number of aromatic nitrogens is 2. The Kier molecular flexibility index (Phi) is 4.11. The Morgan fingerprint density at radius 1 is 1.44 bits per heavy atom. The molecule has 7 heteroatoms. The third-order valence-electron chi connectivity index (χ3n) is 1.96. The van der Waals surface area contributed by atoms with Crippen molar-refractivity contribution >= 4 is 34.5 Å². The number of carbonyl (C=O) groups excluding carboxylic acids is 1. The monoisotopic (exact) mass is 283 g/mol. The lowest BCUT2D eigenvalue weighted by Gasteiger charge is -2.04. The van der Waals surface area contributed by atoms with Crippen molar-refractivity contribution < 1.29 is 9.53 Å². The molecule has 5 nitrogen and oxygen atoms in total. The molecule has 2 rings (SSSR count). The van der Waals surface area contributed by atoms with E-state index in [1.165, 1.54) is 23.7 Å². The normalized spacial score (nSPS) is 10.1. The van der Waals surface area contributed by atoms with E-state index >= 15 is 0 Å². The van der Waals surface area contributed by atoms with E-state index in [-0.39, 0.29) is 11.9 Å². The van der Waals surface area contributed by atoms with Crippen molar-refractivity contribution in [1.82, 2.24) is 9.97 Å². The minimum absolute atomic E-state index is 0.236. The van der Waals surface area contributed by atoms with Crippen molar-refractivity contribution in [3.8, 4) is 6.01 Å². The minimum Gasteiger partial charge on any atom is -0.464 e. The fourth-order valence-electron chi connectivity index (χ4n) is 1.21. The number of halogens is 1. The van der Waals surface area contributed by atoms with Crippen molar-refractivity contribution in [3.63, 3.8) is 0 Å². The van der Waals surface area contributed by atoms with Gasteiger partial charge in [-0.05, 0) is 19.1 Å². The van der Waals surface area contributed by atoms with Gasteiger partial charge in [0.1, 0.15) is 0 Å². The summed E-state index contributed by atoms with van der Waals surface area (Å²) in [6, 6.07) is 3.63. The summed E-state index contributed by atoms with van der Waals surface area (Å²) in [5, 5.41) is 2.67. The van der Waals surface area contributed by atoms with Crippen LogP contribution in [0.5, 0.6) is 6.01 Å². The highest BCUT2D eigenvalue weighted by atomic mass is 35.5. The van der Waals surface area contributed by atoms with E-state index < -0.39 is 0 Å². The van der Waals surface area contributed by atoms with Gasteiger partial charge in [0.25, 0.3) is 5.91 Å². The lowest BCUT2D eigenvalue weighted by Crippen LogP contribution is -2.10. The van der Waals surface area contributed by atoms with Gasteiger partial charge >= 0.3 is 6.01 Å². The molecule has 18 heavy (non-hydrogen) atoms. The van der Waals surface area contributed by atoms with E-state index in [0.29, 0.717) is 21.5 Å². The van der Waals surface area contributed by atoms with E-state index in [2.05, 4.69) is 15.3 Å². The average Bonchev–Trinajstić information content (AvgIpc) is 2.79. The maximum atomic E-state index is 11.8. The molecule has 0 aromatic carbocycles. The molecular weight excluding hydrogens is 274 g/mol. The molecule has 0 saturated heterocycles. The SMILES string of the molecule is CCOc1ncc(NC(=O)c2ccc(Cl)s2)cn1. The summed E-state index contributed by atoms with van der Waals surface area (Å²) in [4.78, 5) is 20.2. The van der Waals surface area contributed by atoms with Crippen molar-refractivity contribution in [2.24, 2.45) is 0 Å². The molecule has 94 valence electrons. The Bertz CT molecular complexity index is 541. The first-order chi connectivity index (χ1) is 8.69. The first-order valence-electron chi connectivity index (χ1n) is 5.20. The summed E-state index contributed by atoms with van der Waals surface area (Å²) in [7, 11) is 0. The smallest absolute Gasteiger partial charge is 0.316 e. The summed E-state index contributed by atoms with van der Waals surface area (Å²) in [6.07, 6.45) is 2.98. The zero-order chi connectivity index (χ0) is 13.0. The van der Waals surface area contributed by atoms with Crippen LogP contribution in [-0.4, -0.2) is 22.5 Å². The van der Waals surface area contributed by atoms with Crippen molar-refractivity contribution in [3.05, 3.63) is 33.7 Å². The second-order valence-electron chi connectivity index (χ2n) is 3.25. The van der Waals surface area contributed by atoms with E-state index in [4.69, 9.17) is 16.3 Å². The van der Waals surface area contributed by atoms with Crippen molar-refractivity contribution in [2.75, 3.05) is 11.9 Å². The number of amides is 1. The molecule has 2 heterocycles. The van der Waals surface area contributed by atoms with Gasteiger partial charge in [0.05, 0.1) is 33.9 Å². The Morgan fingerprint density at radius 3 is 2.72 bits per heavy atom. The lowest BCUT2D eigenvalue weighted by molar-refractivity contribution is 0.103. The maximum Gasteiger partial charge on any atom is 0.316 e. The highest BCUT2D eigenvalue weighted by Crippen LogP contribution is 2.22. The van der Waals surface area contributed by atoms with E-state index in [9.17, 15) is 4.79 Å². The number of rotatable bonds is 4. The predicted molar refractivity (Wildman–Crippen MR) is 70.5 cm³/mol. The molecule has 2 aromatic rings. The quantitative estimate of drug-likeness (QED) is 0.937. The fourth-order valence-corrected chi connectivity index (χ4v) is 2.15. The van der Waals surface area contributed by atoms with Gasteiger partial charge in [0.15, 0.2) is 0 Å². The van der Waals surface area contributed by atoms with Crippen molar-refractivity contribution in [2.45, 2.75) is 6.92 Å². The van der Waals surface area contributed by atoms with Gasteiger partial charge in [-0.15, -0.1) is 11.3 Å². The molecule has 0 unspecified atom stereocenters. The molecule has 0 atom stereocenters. The summed E-state index contributed by atoms with van der Waals surface area (Å²) in [6.45, 7) is 2.35. The number of nitrogens with one attached hydrogen (secondary N) is 1. The van der Waals surface area contributed by atoms with Gasteiger partial charge in [0.2, 0.25) is 0 Å². The minimum atomic E-state index is -0.236. The Balaban J connectivity index is 2.03. The lowest BCUT2D eigenvalue weighted by atomic mass is 10.4. The Morgan fingerprint density at radius 2 is 2.17 bits per heavy atom. The number of thiophene rings is 1. The number of nitrogens with zero attached hydrogens (tertiary/aromatic N) is 2. The number of hydrogen-bond donors (Lipinski definition) is 1. The van der Waals surface area contributed by atoms with Crippen molar-refractivity contribution in [1.29, 1.82) is 0 Å². The highest BCUT2D eigenvalue weighted by Gasteiger charge is 2.09. The molecular formula is C11H10ClN3O2S. The number of anilines is 1. The van der Waals surface area contributed by atoms with Crippen LogP contribution in [0, 0.1) is 0 Å². The molecule has 0 spiro atoms. The van der Waals surface area contributed by atoms with Crippen LogP contribution in [-0.2, 0) is 0 Å². The topological polar surface area (TPSA) is 64.1 Å². The van der Waals surface area contributed by atoms with E-state index in [1.807, 2.05) is 6.92 Å². The van der Waals surface area contributed by atoms with Gasteiger partial charge in [-0.3, -0.25) is 4.79 Å². The van der Waals surface area contributed by atoms with Crippen LogP contribution in [0.2, 0.25) is 4.34 Å². The third kappa shape index (κ3) is 3.18. The molecule has 0 aliphatic carbocycles. The Hall–Kier alpha value is -1.66. The van der Waals surface area contributed by atoms with Crippen LogP contribution in [0.1, 0.15) is 16.6 Å². The zero-order valence-electron chi connectivity index (χ0n) is 9.51. The van der Waals surface area contributed by atoms with Gasteiger partial charge in [-0.1, -0.05) is 11.6 Å². The number of carbonyl (C=O) groups is 1. The first-order valence-corrected chi connectivity index (χ1v) is 6.40. The second kappa shape index (κ2) is 5.79. The average molecular weight is 284 g/mol. The molecule has 2 aromatic heterocycles. The van der Waals surface area contributed by atoms with Crippen LogP contribution >= 0.6 is 22.9 Å². The summed E-state index contributed by atoms with van der Waals surface area (Å²) in [5.41, 5.74) is 0.507. The maximum absolute atomic E-state index is 11.8. The summed E-state index contributed by atoms with van der Waals surface area (Å²) in [5.74, 6) is -0.236. The molecule has 0 saturated carbocycles. The van der Waals surface area contributed by atoms with Gasteiger partial charge in [-0.2, -0.15) is 0 Å². The summed E-state index contributed by atoms with van der Waals surface area (Å²) >= 11 is 6.97. The van der Waals surface area contributed by atoms with Crippen LogP contribution in [0.4, 0.5) is 5.69 Å². The molecule has 0 bridgehead atoms. The van der Waals surface area contributed by atoms with Crippen LogP contribution in [0.15, 0.2) is 24.5 Å². The highest BCUT2D eigenvalue weighted by molar-refractivity contribution is 7.18. The van der Waals surface area contributed by atoms with Crippen LogP contribution in [0.25, 0.3) is 0 Å². The molecule has 0 aliphatic heterocycles. The third-order valence-corrected chi connectivity index (χ3v) is 3.19. The van der Waals surface area contributed by atoms with E-state index in [0.717, 1.165) is 0 Å². The zero-order valence-corrected chi connectivity index (χ0v) is 11.1. The molecule has 1 N–H and O–H groups in total. The Labute approximate surface area is 113 Å².